The fraction of sp³-hybridized carbons (Fsp3) is 0.750. The predicted octanol–water partition coefficient (Wildman–Crippen LogP) is 4.06. The molecule has 3 heterocycles. The second-order valence-corrected chi connectivity index (χ2v) is 7.87. The lowest BCUT2D eigenvalue weighted by Gasteiger charge is -2.40. The molecule has 2 saturated heterocycles. The number of piperidine rings is 2. The van der Waals surface area contributed by atoms with E-state index >= 15 is 0 Å². The number of hydrogen-bond acceptors (Lipinski definition) is 3. The van der Waals surface area contributed by atoms with Crippen LogP contribution in [-0.4, -0.2) is 42.6 Å². The van der Waals surface area contributed by atoms with Crippen LogP contribution in [0, 0.1) is 17.8 Å². The Hall–Kier alpha value is -1.09. The molecule has 128 valence electrons. The van der Waals surface area contributed by atoms with Crippen molar-refractivity contribution in [2.45, 2.75) is 46.0 Å². The molecule has 23 heavy (non-hydrogen) atoms. The molecule has 3 heteroatoms. The molecule has 0 aliphatic carbocycles. The van der Waals surface area contributed by atoms with Crippen molar-refractivity contribution in [3.8, 4) is 0 Å². The smallest absolute Gasteiger partial charge is 0.128 e. The van der Waals surface area contributed by atoms with Crippen LogP contribution in [0.15, 0.2) is 24.4 Å². The number of aromatic nitrogens is 1. The highest BCUT2D eigenvalue weighted by Gasteiger charge is 2.29. The standard InChI is InChI=1S/C20H33N3/c1-17(2)6-12-22-13-7-18(8-14-22)19-9-15-23(16-10-19)20-5-3-4-11-21-20/h3-5,11,17-19H,6-10,12-16H2,1-2H3. The summed E-state index contributed by atoms with van der Waals surface area (Å²) in [6.45, 7) is 11.0. The van der Waals surface area contributed by atoms with Gasteiger partial charge in [-0.3, -0.25) is 0 Å². The SMILES string of the molecule is CC(C)CCN1CCC(C2CCN(c3ccccn3)CC2)CC1. The van der Waals surface area contributed by atoms with Crippen LogP contribution >= 0.6 is 0 Å². The first-order valence-corrected chi connectivity index (χ1v) is 9.60. The molecule has 3 nitrogen and oxygen atoms in total. The van der Waals surface area contributed by atoms with Gasteiger partial charge in [-0.05, 0) is 81.6 Å². The molecule has 1 aromatic rings. The summed E-state index contributed by atoms with van der Waals surface area (Å²) in [5, 5.41) is 0. The molecule has 0 amide bonds. The van der Waals surface area contributed by atoms with Gasteiger partial charge in [0.1, 0.15) is 5.82 Å². The van der Waals surface area contributed by atoms with Gasteiger partial charge >= 0.3 is 0 Å². The summed E-state index contributed by atoms with van der Waals surface area (Å²) in [7, 11) is 0. The minimum Gasteiger partial charge on any atom is -0.357 e. The van der Waals surface area contributed by atoms with E-state index in [0.717, 1.165) is 23.6 Å². The first-order valence-electron chi connectivity index (χ1n) is 9.60. The minimum atomic E-state index is 0.837. The van der Waals surface area contributed by atoms with E-state index in [1.165, 1.54) is 64.8 Å². The van der Waals surface area contributed by atoms with Gasteiger partial charge in [-0.15, -0.1) is 0 Å². The summed E-state index contributed by atoms with van der Waals surface area (Å²) >= 11 is 0. The van der Waals surface area contributed by atoms with Crippen LogP contribution in [0.25, 0.3) is 0 Å². The predicted molar refractivity (Wildman–Crippen MR) is 97.8 cm³/mol. The monoisotopic (exact) mass is 315 g/mol. The van der Waals surface area contributed by atoms with E-state index in [4.69, 9.17) is 0 Å². The minimum absolute atomic E-state index is 0.837. The maximum atomic E-state index is 4.50. The molecule has 2 aliphatic rings. The number of hydrogen-bond donors (Lipinski definition) is 0. The number of anilines is 1. The molecule has 0 aromatic carbocycles. The average molecular weight is 316 g/mol. The van der Waals surface area contributed by atoms with E-state index < -0.39 is 0 Å². The van der Waals surface area contributed by atoms with E-state index in [0.29, 0.717) is 0 Å². The molecule has 0 N–H and O–H groups in total. The fourth-order valence-corrected chi connectivity index (χ4v) is 4.23. The van der Waals surface area contributed by atoms with Gasteiger partial charge in [0.15, 0.2) is 0 Å². The van der Waals surface area contributed by atoms with E-state index in [1.807, 2.05) is 12.3 Å². The Bertz CT molecular complexity index is 443. The van der Waals surface area contributed by atoms with Gasteiger partial charge in [0, 0.05) is 19.3 Å². The molecule has 0 radical (unpaired) electrons. The first-order chi connectivity index (χ1) is 11.2. The molecule has 0 saturated carbocycles. The van der Waals surface area contributed by atoms with Gasteiger partial charge in [0.25, 0.3) is 0 Å². The lowest BCUT2D eigenvalue weighted by Crippen LogP contribution is -2.41. The second-order valence-electron chi connectivity index (χ2n) is 7.87. The van der Waals surface area contributed by atoms with Crippen LogP contribution < -0.4 is 4.90 Å². The summed E-state index contributed by atoms with van der Waals surface area (Å²) in [5.41, 5.74) is 0. The highest BCUT2D eigenvalue weighted by Crippen LogP contribution is 2.33. The zero-order chi connectivity index (χ0) is 16.1. The number of likely N-dealkylation sites (tertiary alicyclic amines) is 1. The molecule has 0 unspecified atom stereocenters. The van der Waals surface area contributed by atoms with Gasteiger partial charge in [-0.1, -0.05) is 19.9 Å². The summed E-state index contributed by atoms with van der Waals surface area (Å²) in [5.74, 6) is 3.91. The third kappa shape index (κ3) is 4.69. The van der Waals surface area contributed by atoms with Crippen molar-refractivity contribution in [1.82, 2.24) is 9.88 Å². The van der Waals surface area contributed by atoms with Crippen LogP contribution in [0.4, 0.5) is 5.82 Å². The Balaban J connectivity index is 1.41. The Morgan fingerprint density at radius 2 is 1.65 bits per heavy atom. The maximum absolute atomic E-state index is 4.50. The van der Waals surface area contributed by atoms with Crippen molar-refractivity contribution in [2.75, 3.05) is 37.6 Å². The van der Waals surface area contributed by atoms with E-state index in [9.17, 15) is 0 Å². The largest absolute Gasteiger partial charge is 0.357 e. The normalized spacial score (nSPS) is 22.0. The Morgan fingerprint density at radius 1 is 1.00 bits per heavy atom. The highest BCUT2D eigenvalue weighted by atomic mass is 15.2. The third-order valence-corrected chi connectivity index (χ3v) is 5.83. The highest BCUT2D eigenvalue weighted by molar-refractivity contribution is 5.37. The Labute approximate surface area is 142 Å². The summed E-state index contributed by atoms with van der Waals surface area (Å²) in [4.78, 5) is 9.66. The maximum Gasteiger partial charge on any atom is 0.128 e. The molecular formula is C20H33N3. The van der Waals surface area contributed by atoms with Crippen molar-refractivity contribution in [2.24, 2.45) is 17.8 Å². The Morgan fingerprint density at radius 3 is 2.22 bits per heavy atom. The molecule has 2 fully saturated rings. The lowest BCUT2D eigenvalue weighted by molar-refractivity contribution is 0.130. The van der Waals surface area contributed by atoms with Crippen molar-refractivity contribution in [3.05, 3.63) is 24.4 Å². The summed E-state index contributed by atoms with van der Waals surface area (Å²) in [6.07, 6.45) is 8.82. The van der Waals surface area contributed by atoms with Crippen LogP contribution in [-0.2, 0) is 0 Å². The zero-order valence-corrected chi connectivity index (χ0v) is 15.0. The summed E-state index contributed by atoms with van der Waals surface area (Å²) in [6, 6.07) is 6.25. The zero-order valence-electron chi connectivity index (χ0n) is 15.0. The van der Waals surface area contributed by atoms with E-state index in [-0.39, 0.29) is 0 Å². The van der Waals surface area contributed by atoms with Crippen LogP contribution in [0.5, 0.6) is 0 Å². The second kappa shape index (κ2) is 8.14. The average Bonchev–Trinajstić information content (AvgIpc) is 2.61. The molecular weight excluding hydrogens is 282 g/mol. The third-order valence-electron chi connectivity index (χ3n) is 5.83. The molecule has 0 atom stereocenters. The van der Waals surface area contributed by atoms with Gasteiger partial charge in [0.2, 0.25) is 0 Å². The first kappa shape index (κ1) is 16.8. The van der Waals surface area contributed by atoms with Gasteiger partial charge < -0.3 is 9.80 Å². The van der Waals surface area contributed by atoms with Crippen molar-refractivity contribution in [3.63, 3.8) is 0 Å². The molecule has 2 aliphatic heterocycles. The molecule has 0 bridgehead atoms. The van der Waals surface area contributed by atoms with E-state index in [1.54, 1.807) is 0 Å². The van der Waals surface area contributed by atoms with E-state index in [2.05, 4.69) is 40.8 Å². The van der Waals surface area contributed by atoms with Crippen LogP contribution in [0.3, 0.4) is 0 Å². The number of pyridine rings is 1. The molecule has 0 spiro atoms. The van der Waals surface area contributed by atoms with Crippen molar-refractivity contribution in [1.29, 1.82) is 0 Å². The van der Waals surface area contributed by atoms with Gasteiger partial charge in [-0.2, -0.15) is 0 Å². The van der Waals surface area contributed by atoms with Crippen molar-refractivity contribution < 1.29 is 0 Å². The Kier molecular flexibility index (Phi) is 5.93. The topological polar surface area (TPSA) is 19.4 Å². The van der Waals surface area contributed by atoms with Crippen LogP contribution in [0.2, 0.25) is 0 Å². The van der Waals surface area contributed by atoms with Gasteiger partial charge in [0.05, 0.1) is 0 Å². The van der Waals surface area contributed by atoms with Crippen LogP contribution in [0.1, 0.15) is 46.0 Å². The number of rotatable bonds is 5. The molecule has 3 rings (SSSR count). The quantitative estimate of drug-likeness (QED) is 0.817. The number of nitrogens with zero attached hydrogens (tertiary/aromatic N) is 3. The fourth-order valence-electron chi connectivity index (χ4n) is 4.23. The molecule has 1 aromatic heterocycles. The lowest BCUT2D eigenvalue weighted by atomic mass is 9.78. The van der Waals surface area contributed by atoms with Crippen molar-refractivity contribution >= 4 is 5.82 Å². The van der Waals surface area contributed by atoms with Gasteiger partial charge in [-0.25, -0.2) is 4.98 Å². The summed E-state index contributed by atoms with van der Waals surface area (Å²) < 4.78 is 0.